The van der Waals surface area contributed by atoms with Crippen LogP contribution in [0.3, 0.4) is 0 Å². The van der Waals surface area contributed by atoms with Gasteiger partial charge in [0.1, 0.15) is 12.4 Å². The summed E-state index contributed by atoms with van der Waals surface area (Å²) < 4.78 is 7.28. The van der Waals surface area contributed by atoms with Crippen molar-refractivity contribution in [3.8, 4) is 5.82 Å². The van der Waals surface area contributed by atoms with Crippen LogP contribution in [0, 0.1) is 20.8 Å². The van der Waals surface area contributed by atoms with Gasteiger partial charge in [-0.1, -0.05) is 0 Å². The second-order valence-electron chi connectivity index (χ2n) is 4.90. The Bertz CT molecular complexity index is 621. The number of rotatable bonds is 6. The Labute approximate surface area is 125 Å². The zero-order chi connectivity index (χ0) is 15.4. The monoisotopic (exact) mass is 289 g/mol. The molecule has 6 heteroatoms. The van der Waals surface area contributed by atoms with E-state index in [1.807, 2.05) is 38.4 Å². The van der Waals surface area contributed by atoms with Crippen molar-refractivity contribution in [3.63, 3.8) is 0 Å². The molecule has 1 N–H and O–H groups in total. The van der Waals surface area contributed by atoms with Gasteiger partial charge in [0.15, 0.2) is 11.6 Å². The third kappa shape index (κ3) is 3.39. The first kappa shape index (κ1) is 15.4. The van der Waals surface area contributed by atoms with Crippen molar-refractivity contribution in [2.45, 2.75) is 41.2 Å². The number of nitrogens with one attached hydrogen (secondary N) is 1. The number of anilines is 1. The molecule has 2 rings (SSSR count). The SMILES string of the molecule is CCNc1cc(-n2nc(C)c(C)c2C)nc(COCC)n1. The van der Waals surface area contributed by atoms with Crippen LogP contribution in [0.5, 0.6) is 0 Å². The van der Waals surface area contributed by atoms with E-state index < -0.39 is 0 Å². The van der Waals surface area contributed by atoms with E-state index in [0.29, 0.717) is 19.0 Å². The highest BCUT2D eigenvalue weighted by Crippen LogP contribution is 2.17. The van der Waals surface area contributed by atoms with Crippen molar-refractivity contribution < 1.29 is 4.74 Å². The molecular formula is C15H23N5O. The fourth-order valence-corrected chi connectivity index (χ4v) is 2.06. The van der Waals surface area contributed by atoms with Gasteiger partial charge in [-0.25, -0.2) is 14.6 Å². The molecule has 21 heavy (non-hydrogen) atoms. The van der Waals surface area contributed by atoms with Crippen LogP contribution in [0.2, 0.25) is 0 Å². The minimum absolute atomic E-state index is 0.404. The van der Waals surface area contributed by atoms with E-state index in [1.165, 1.54) is 5.56 Å². The van der Waals surface area contributed by atoms with E-state index >= 15 is 0 Å². The highest BCUT2D eigenvalue weighted by Gasteiger charge is 2.12. The summed E-state index contributed by atoms with van der Waals surface area (Å²) in [5, 5.41) is 7.79. The highest BCUT2D eigenvalue weighted by atomic mass is 16.5. The summed E-state index contributed by atoms with van der Waals surface area (Å²) >= 11 is 0. The normalized spacial score (nSPS) is 10.9. The molecule has 0 atom stereocenters. The summed E-state index contributed by atoms with van der Waals surface area (Å²) in [6.07, 6.45) is 0. The van der Waals surface area contributed by atoms with Gasteiger partial charge in [-0.15, -0.1) is 0 Å². The first-order valence-electron chi connectivity index (χ1n) is 7.29. The summed E-state index contributed by atoms with van der Waals surface area (Å²) in [7, 11) is 0. The lowest BCUT2D eigenvalue weighted by Gasteiger charge is -2.10. The second kappa shape index (κ2) is 6.67. The van der Waals surface area contributed by atoms with Crippen LogP contribution in [0.15, 0.2) is 6.07 Å². The van der Waals surface area contributed by atoms with Crippen molar-refractivity contribution in [3.05, 3.63) is 28.8 Å². The van der Waals surface area contributed by atoms with Crippen molar-refractivity contribution >= 4 is 5.82 Å². The molecule has 0 aromatic carbocycles. The molecule has 2 aromatic heterocycles. The predicted molar refractivity (Wildman–Crippen MR) is 82.9 cm³/mol. The van der Waals surface area contributed by atoms with E-state index in [2.05, 4.69) is 27.3 Å². The lowest BCUT2D eigenvalue weighted by atomic mass is 10.2. The number of hydrogen-bond acceptors (Lipinski definition) is 5. The standard InChI is InChI=1S/C15H23N5O/c1-6-16-13-8-15(18-14(17-13)9-21-7-2)20-12(5)10(3)11(4)19-20/h8H,6-7,9H2,1-5H3,(H,16,17,18). The third-order valence-corrected chi connectivity index (χ3v) is 3.42. The number of ether oxygens (including phenoxy) is 1. The summed E-state index contributed by atoms with van der Waals surface area (Å²) in [4.78, 5) is 9.02. The number of nitrogens with zero attached hydrogens (tertiary/aromatic N) is 4. The van der Waals surface area contributed by atoms with Gasteiger partial charge in [0, 0.05) is 24.9 Å². The first-order valence-corrected chi connectivity index (χ1v) is 7.29. The quantitative estimate of drug-likeness (QED) is 0.885. The lowest BCUT2D eigenvalue weighted by Crippen LogP contribution is -2.10. The highest BCUT2D eigenvalue weighted by molar-refractivity contribution is 5.43. The predicted octanol–water partition coefficient (Wildman–Crippen LogP) is 2.56. The van der Waals surface area contributed by atoms with E-state index in [9.17, 15) is 0 Å². The van der Waals surface area contributed by atoms with Crippen LogP contribution in [-0.2, 0) is 11.3 Å². The molecule has 0 aliphatic rings. The summed E-state index contributed by atoms with van der Waals surface area (Å²) in [6.45, 7) is 12.0. The lowest BCUT2D eigenvalue weighted by molar-refractivity contribution is 0.128. The Kier molecular flexibility index (Phi) is 4.90. The van der Waals surface area contributed by atoms with Crippen LogP contribution in [0.25, 0.3) is 5.82 Å². The maximum atomic E-state index is 5.42. The third-order valence-electron chi connectivity index (χ3n) is 3.42. The number of aromatic nitrogens is 4. The maximum absolute atomic E-state index is 5.42. The largest absolute Gasteiger partial charge is 0.374 e. The summed E-state index contributed by atoms with van der Waals surface area (Å²) in [5.74, 6) is 2.22. The van der Waals surface area contributed by atoms with E-state index in [-0.39, 0.29) is 0 Å². The molecule has 0 bridgehead atoms. The van der Waals surface area contributed by atoms with E-state index in [1.54, 1.807) is 0 Å². The molecule has 0 amide bonds. The van der Waals surface area contributed by atoms with Crippen molar-refractivity contribution in [1.29, 1.82) is 0 Å². The molecule has 0 fully saturated rings. The van der Waals surface area contributed by atoms with Crippen LogP contribution >= 0.6 is 0 Å². The Morgan fingerprint density at radius 2 is 1.95 bits per heavy atom. The Balaban J connectivity index is 2.45. The zero-order valence-electron chi connectivity index (χ0n) is 13.4. The van der Waals surface area contributed by atoms with Gasteiger partial charge in [-0.05, 0) is 40.2 Å². The molecule has 0 spiro atoms. The van der Waals surface area contributed by atoms with Gasteiger partial charge in [-0.2, -0.15) is 5.10 Å². The van der Waals surface area contributed by atoms with Gasteiger partial charge in [0.2, 0.25) is 0 Å². The zero-order valence-corrected chi connectivity index (χ0v) is 13.4. The van der Waals surface area contributed by atoms with Crippen molar-refractivity contribution in [1.82, 2.24) is 19.7 Å². The molecule has 2 aromatic rings. The van der Waals surface area contributed by atoms with Gasteiger partial charge in [-0.3, -0.25) is 0 Å². The van der Waals surface area contributed by atoms with Gasteiger partial charge >= 0.3 is 0 Å². The van der Waals surface area contributed by atoms with Crippen molar-refractivity contribution in [2.75, 3.05) is 18.5 Å². The van der Waals surface area contributed by atoms with Crippen LogP contribution in [0.4, 0.5) is 5.82 Å². The molecule has 0 radical (unpaired) electrons. The summed E-state index contributed by atoms with van der Waals surface area (Å²) in [5.41, 5.74) is 3.29. The van der Waals surface area contributed by atoms with Gasteiger partial charge in [0.25, 0.3) is 0 Å². The van der Waals surface area contributed by atoms with E-state index in [4.69, 9.17) is 4.74 Å². The first-order chi connectivity index (χ1) is 10.1. The average molecular weight is 289 g/mol. The molecule has 0 saturated heterocycles. The second-order valence-corrected chi connectivity index (χ2v) is 4.90. The Hall–Kier alpha value is -1.95. The fraction of sp³-hybridized carbons (Fsp3) is 0.533. The molecule has 114 valence electrons. The van der Waals surface area contributed by atoms with Crippen LogP contribution < -0.4 is 5.32 Å². The van der Waals surface area contributed by atoms with Crippen LogP contribution in [-0.4, -0.2) is 32.9 Å². The Morgan fingerprint density at radius 3 is 2.52 bits per heavy atom. The fourth-order valence-electron chi connectivity index (χ4n) is 2.06. The number of hydrogen-bond donors (Lipinski definition) is 1. The Morgan fingerprint density at radius 1 is 1.19 bits per heavy atom. The molecule has 0 unspecified atom stereocenters. The molecular weight excluding hydrogens is 266 g/mol. The van der Waals surface area contributed by atoms with E-state index in [0.717, 1.165) is 29.6 Å². The van der Waals surface area contributed by atoms with Crippen LogP contribution in [0.1, 0.15) is 36.6 Å². The molecule has 0 aliphatic carbocycles. The van der Waals surface area contributed by atoms with Crippen molar-refractivity contribution in [2.24, 2.45) is 0 Å². The molecule has 6 nitrogen and oxygen atoms in total. The molecule has 0 saturated carbocycles. The molecule has 2 heterocycles. The maximum Gasteiger partial charge on any atom is 0.159 e. The smallest absolute Gasteiger partial charge is 0.159 e. The molecule has 0 aliphatic heterocycles. The topological polar surface area (TPSA) is 64.9 Å². The van der Waals surface area contributed by atoms with Gasteiger partial charge < -0.3 is 10.1 Å². The minimum atomic E-state index is 0.404. The number of aryl methyl sites for hydroxylation is 1. The van der Waals surface area contributed by atoms with Gasteiger partial charge in [0.05, 0.1) is 5.69 Å². The summed E-state index contributed by atoms with van der Waals surface area (Å²) in [6, 6.07) is 1.91. The average Bonchev–Trinajstić information content (AvgIpc) is 2.73. The minimum Gasteiger partial charge on any atom is -0.374 e.